The van der Waals surface area contributed by atoms with Crippen molar-refractivity contribution in [2.75, 3.05) is 0 Å². The van der Waals surface area contributed by atoms with Gasteiger partial charge in [0.05, 0.1) is 12.2 Å². The molecule has 0 aromatic heterocycles. The van der Waals surface area contributed by atoms with Gasteiger partial charge in [-0.05, 0) is 19.8 Å². The third kappa shape index (κ3) is 3.97. The van der Waals surface area contributed by atoms with Crippen molar-refractivity contribution in [1.82, 2.24) is 0 Å². The molecule has 2 heteroatoms. The molecule has 1 fully saturated rings. The molecule has 3 atom stereocenters. The molecule has 2 N–H and O–H groups in total. The van der Waals surface area contributed by atoms with Crippen LogP contribution in [0.5, 0.6) is 0 Å². The molecule has 14 heavy (non-hydrogen) atoms. The van der Waals surface area contributed by atoms with Gasteiger partial charge in [-0.25, -0.2) is 0 Å². The fraction of sp³-hybridized carbons (Fsp3) is 1.00. The second-order valence-corrected chi connectivity index (χ2v) is 4.67. The lowest BCUT2D eigenvalue weighted by molar-refractivity contribution is 0.00944. The topological polar surface area (TPSA) is 40.5 Å². The molecule has 0 amide bonds. The fourth-order valence-corrected chi connectivity index (χ4v) is 2.41. The molecule has 0 spiro atoms. The van der Waals surface area contributed by atoms with Crippen LogP contribution in [0.25, 0.3) is 0 Å². The van der Waals surface area contributed by atoms with Gasteiger partial charge in [0.15, 0.2) is 0 Å². The molecular formula is C12H24O2. The van der Waals surface area contributed by atoms with E-state index in [0.717, 1.165) is 25.7 Å². The number of aliphatic hydroxyl groups excluding tert-OH is 2. The number of aliphatic hydroxyl groups is 2. The third-order valence-corrected chi connectivity index (χ3v) is 3.40. The molecule has 0 radical (unpaired) electrons. The SMILES string of the molecule is CC(O)C1CCCCCCCCC1O. The Morgan fingerprint density at radius 1 is 0.929 bits per heavy atom. The lowest BCUT2D eigenvalue weighted by atomic mass is 9.86. The molecule has 0 aromatic rings. The zero-order chi connectivity index (χ0) is 10.4. The van der Waals surface area contributed by atoms with Crippen molar-refractivity contribution in [3.8, 4) is 0 Å². The van der Waals surface area contributed by atoms with E-state index in [4.69, 9.17) is 0 Å². The van der Waals surface area contributed by atoms with Gasteiger partial charge in [0.1, 0.15) is 0 Å². The van der Waals surface area contributed by atoms with Gasteiger partial charge in [-0.1, -0.05) is 38.5 Å². The standard InChI is InChI=1S/C12H24O2/c1-10(13)11-8-6-4-2-3-5-7-9-12(11)14/h10-14H,2-9H2,1H3. The van der Waals surface area contributed by atoms with Gasteiger partial charge in [-0.15, -0.1) is 0 Å². The number of hydrogen-bond acceptors (Lipinski definition) is 2. The van der Waals surface area contributed by atoms with E-state index in [1.807, 2.05) is 0 Å². The van der Waals surface area contributed by atoms with Crippen molar-refractivity contribution >= 4 is 0 Å². The Kier molecular flexibility index (Phi) is 5.49. The fourth-order valence-electron chi connectivity index (χ4n) is 2.41. The summed E-state index contributed by atoms with van der Waals surface area (Å²) in [5, 5.41) is 19.5. The number of hydrogen-bond donors (Lipinski definition) is 2. The van der Waals surface area contributed by atoms with E-state index in [2.05, 4.69) is 0 Å². The van der Waals surface area contributed by atoms with Crippen LogP contribution >= 0.6 is 0 Å². The molecule has 3 unspecified atom stereocenters. The summed E-state index contributed by atoms with van der Waals surface area (Å²) in [7, 11) is 0. The van der Waals surface area contributed by atoms with Gasteiger partial charge in [-0.3, -0.25) is 0 Å². The first-order chi connectivity index (χ1) is 6.72. The Morgan fingerprint density at radius 3 is 2.00 bits per heavy atom. The maximum absolute atomic E-state index is 9.90. The van der Waals surface area contributed by atoms with E-state index >= 15 is 0 Å². The van der Waals surface area contributed by atoms with Crippen LogP contribution in [-0.2, 0) is 0 Å². The van der Waals surface area contributed by atoms with Crippen LogP contribution in [0, 0.1) is 5.92 Å². The van der Waals surface area contributed by atoms with Crippen LogP contribution in [0.2, 0.25) is 0 Å². The van der Waals surface area contributed by atoms with Gasteiger partial charge in [0.2, 0.25) is 0 Å². The zero-order valence-corrected chi connectivity index (χ0v) is 9.28. The van der Waals surface area contributed by atoms with Crippen LogP contribution in [-0.4, -0.2) is 22.4 Å². The molecule has 1 rings (SSSR count). The Balaban J connectivity index is 2.42. The molecule has 0 saturated heterocycles. The highest BCUT2D eigenvalue weighted by Crippen LogP contribution is 2.24. The van der Waals surface area contributed by atoms with Crippen molar-refractivity contribution in [2.24, 2.45) is 5.92 Å². The maximum Gasteiger partial charge on any atom is 0.0593 e. The molecule has 0 aliphatic heterocycles. The average molecular weight is 200 g/mol. The van der Waals surface area contributed by atoms with Crippen LogP contribution in [0.15, 0.2) is 0 Å². The highest BCUT2D eigenvalue weighted by molar-refractivity contribution is 4.74. The largest absolute Gasteiger partial charge is 0.393 e. The zero-order valence-electron chi connectivity index (χ0n) is 9.28. The summed E-state index contributed by atoms with van der Waals surface area (Å²) in [6.07, 6.45) is 8.62. The highest BCUT2D eigenvalue weighted by atomic mass is 16.3. The second-order valence-electron chi connectivity index (χ2n) is 4.67. The van der Waals surface area contributed by atoms with Gasteiger partial charge in [0.25, 0.3) is 0 Å². The lowest BCUT2D eigenvalue weighted by Crippen LogP contribution is -2.30. The third-order valence-electron chi connectivity index (χ3n) is 3.40. The minimum Gasteiger partial charge on any atom is -0.393 e. The Morgan fingerprint density at radius 2 is 1.43 bits per heavy atom. The Labute approximate surface area is 87.3 Å². The summed E-state index contributed by atoms with van der Waals surface area (Å²) in [5.74, 6) is 0.105. The molecule has 84 valence electrons. The first-order valence-corrected chi connectivity index (χ1v) is 6.08. The van der Waals surface area contributed by atoms with Crippen molar-refractivity contribution < 1.29 is 10.2 Å². The minimum atomic E-state index is -0.357. The van der Waals surface area contributed by atoms with E-state index in [-0.39, 0.29) is 18.1 Å². The van der Waals surface area contributed by atoms with E-state index in [1.54, 1.807) is 6.92 Å². The van der Waals surface area contributed by atoms with Crippen molar-refractivity contribution in [1.29, 1.82) is 0 Å². The molecule has 0 aromatic carbocycles. The molecule has 2 nitrogen and oxygen atoms in total. The van der Waals surface area contributed by atoms with Crippen LogP contribution in [0.4, 0.5) is 0 Å². The summed E-state index contributed by atoms with van der Waals surface area (Å²) < 4.78 is 0. The smallest absolute Gasteiger partial charge is 0.0593 e. The monoisotopic (exact) mass is 200 g/mol. The summed E-state index contributed by atoms with van der Waals surface area (Å²) in [5.41, 5.74) is 0. The highest BCUT2D eigenvalue weighted by Gasteiger charge is 2.23. The first-order valence-electron chi connectivity index (χ1n) is 6.08. The molecule has 1 saturated carbocycles. The normalized spacial score (nSPS) is 33.6. The summed E-state index contributed by atoms with van der Waals surface area (Å²) >= 11 is 0. The molecule has 0 bridgehead atoms. The van der Waals surface area contributed by atoms with Crippen LogP contribution in [0.3, 0.4) is 0 Å². The first kappa shape index (κ1) is 12.0. The predicted octanol–water partition coefficient (Wildman–Crippen LogP) is 2.48. The quantitative estimate of drug-likeness (QED) is 0.682. The van der Waals surface area contributed by atoms with E-state index in [1.165, 1.54) is 25.7 Å². The van der Waals surface area contributed by atoms with Gasteiger partial charge >= 0.3 is 0 Å². The van der Waals surface area contributed by atoms with Crippen molar-refractivity contribution in [3.05, 3.63) is 0 Å². The van der Waals surface area contributed by atoms with Crippen LogP contribution in [0.1, 0.15) is 58.3 Å². The Hall–Kier alpha value is -0.0800. The van der Waals surface area contributed by atoms with Gasteiger partial charge in [0, 0.05) is 5.92 Å². The van der Waals surface area contributed by atoms with E-state index in [0.29, 0.717) is 0 Å². The maximum atomic E-state index is 9.90. The van der Waals surface area contributed by atoms with Crippen molar-refractivity contribution in [3.63, 3.8) is 0 Å². The predicted molar refractivity (Wildman–Crippen MR) is 58.1 cm³/mol. The van der Waals surface area contributed by atoms with E-state index < -0.39 is 0 Å². The van der Waals surface area contributed by atoms with E-state index in [9.17, 15) is 10.2 Å². The molecule has 1 aliphatic rings. The molecule has 1 aliphatic carbocycles. The van der Waals surface area contributed by atoms with Crippen molar-refractivity contribution in [2.45, 2.75) is 70.5 Å². The molecule has 0 heterocycles. The minimum absolute atomic E-state index is 0.105. The van der Waals surface area contributed by atoms with Crippen LogP contribution < -0.4 is 0 Å². The number of rotatable bonds is 1. The van der Waals surface area contributed by atoms with Gasteiger partial charge < -0.3 is 10.2 Å². The average Bonchev–Trinajstić information content (AvgIpc) is 2.15. The summed E-state index contributed by atoms with van der Waals surface area (Å²) in [6.45, 7) is 1.81. The molecular weight excluding hydrogens is 176 g/mol. The lowest BCUT2D eigenvalue weighted by Gasteiger charge is -2.26. The van der Waals surface area contributed by atoms with Gasteiger partial charge in [-0.2, -0.15) is 0 Å². The summed E-state index contributed by atoms with van der Waals surface area (Å²) in [4.78, 5) is 0. The summed E-state index contributed by atoms with van der Waals surface area (Å²) in [6, 6.07) is 0. The Bertz CT molecular complexity index is 145. The second kappa shape index (κ2) is 6.41.